The van der Waals surface area contributed by atoms with E-state index in [-0.39, 0.29) is 29.4 Å². The van der Waals surface area contributed by atoms with Gasteiger partial charge in [-0.1, -0.05) is 12.1 Å². The van der Waals surface area contributed by atoms with E-state index in [0.717, 1.165) is 0 Å². The SMILES string of the molecule is CC(C)NC(=O)Cn1cc(C(=O)O)c(=O)c2ccccc21. The number of rotatable bonds is 4. The molecule has 1 heterocycles. The summed E-state index contributed by atoms with van der Waals surface area (Å²) >= 11 is 0. The van der Waals surface area contributed by atoms with E-state index in [2.05, 4.69) is 5.32 Å². The molecule has 0 aliphatic heterocycles. The van der Waals surface area contributed by atoms with Gasteiger partial charge in [-0.15, -0.1) is 0 Å². The zero-order valence-corrected chi connectivity index (χ0v) is 11.8. The van der Waals surface area contributed by atoms with Gasteiger partial charge in [-0.3, -0.25) is 9.59 Å². The Morgan fingerprint density at radius 3 is 2.57 bits per heavy atom. The lowest BCUT2D eigenvalue weighted by molar-refractivity contribution is -0.122. The second-order valence-electron chi connectivity index (χ2n) is 5.04. The number of amides is 1. The molecule has 1 aromatic carbocycles. The Bertz CT molecular complexity index is 762. The molecular weight excluding hydrogens is 272 g/mol. The summed E-state index contributed by atoms with van der Waals surface area (Å²) in [5.41, 5.74) is -0.351. The van der Waals surface area contributed by atoms with Crippen LogP contribution in [0.2, 0.25) is 0 Å². The molecule has 0 spiro atoms. The minimum absolute atomic E-state index is 0.0120. The van der Waals surface area contributed by atoms with Crippen molar-refractivity contribution in [3.8, 4) is 0 Å². The summed E-state index contributed by atoms with van der Waals surface area (Å²) < 4.78 is 1.48. The van der Waals surface area contributed by atoms with Crippen LogP contribution in [-0.4, -0.2) is 27.6 Å². The first kappa shape index (κ1) is 14.8. The first-order chi connectivity index (χ1) is 9.90. The summed E-state index contributed by atoms with van der Waals surface area (Å²) in [6.07, 6.45) is 1.22. The van der Waals surface area contributed by atoms with Crippen molar-refractivity contribution in [3.05, 3.63) is 46.2 Å². The Morgan fingerprint density at radius 2 is 1.95 bits per heavy atom. The van der Waals surface area contributed by atoms with Gasteiger partial charge in [-0.2, -0.15) is 0 Å². The minimum Gasteiger partial charge on any atom is -0.477 e. The van der Waals surface area contributed by atoms with Crippen molar-refractivity contribution in [2.75, 3.05) is 0 Å². The molecule has 110 valence electrons. The van der Waals surface area contributed by atoms with Crippen LogP contribution in [0.25, 0.3) is 10.9 Å². The number of pyridine rings is 1. The quantitative estimate of drug-likeness (QED) is 0.885. The topological polar surface area (TPSA) is 88.4 Å². The van der Waals surface area contributed by atoms with Crippen molar-refractivity contribution >= 4 is 22.8 Å². The standard InChI is InChI=1S/C15H16N2O4/c1-9(2)16-13(18)8-17-7-11(15(20)21)14(19)10-5-3-4-6-12(10)17/h3-7,9H,8H2,1-2H3,(H,16,18)(H,20,21). The second-order valence-corrected chi connectivity index (χ2v) is 5.04. The summed E-state index contributed by atoms with van der Waals surface area (Å²) in [6, 6.07) is 6.63. The molecule has 21 heavy (non-hydrogen) atoms. The average Bonchev–Trinajstić information content (AvgIpc) is 2.40. The fourth-order valence-corrected chi connectivity index (χ4v) is 2.15. The number of aromatic nitrogens is 1. The Balaban J connectivity index is 2.57. The van der Waals surface area contributed by atoms with Crippen LogP contribution in [0.5, 0.6) is 0 Å². The minimum atomic E-state index is -1.30. The Labute approximate surface area is 121 Å². The zero-order chi connectivity index (χ0) is 15.6. The lowest BCUT2D eigenvalue weighted by Crippen LogP contribution is -2.33. The molecule has 0 radical (unpaired) electrons. The van der Waals surface area contributed by atoms with Gasteiger partial charge in [0, 0.05) is 17.6 Å². The Kier molecular flexibility index (Phi) is 4.07. The third-order valence-electron chi connectivity index (χ3n) is 2.98. The van der Waals surface area contributed by atoms with E-state index in [4.69, 9.17) is 5.11 Å². The smallest absolute Gasteiger partial charge is 0.341 e. The number of para-hydroxylation sites is 1. The third kappa shape index (κ3) is 3.10. The second kappa shape index (κ2) is 5.78. The molecule has 0 saturated carbocycles. The average molecular weight is 288 g/mol. The highest BCUT2D eigenvalue weighted by atomic mass is 16.4. The number of hydrogen-bond acceptors (Lipinski definition) is 3. The van der Waals surface area contributed by atoms with Crippen molar-refractivity contribution in [3.63, 3.8) is 0 Å². The highest BCUT2D eigenvalue weighted by molar-refractivity contribution is 5.93. The van der Waals surface area contributed by atoms with Crippen LogP contribution in [-0.2, 0) is 11.3 Å². The van der Waals surface area contributed by atoms with Gasteiger partial charge in [0.2, 0.25) is 11.3 Å². The number of hydrogen-bond donors (Lipinski definition) is 2. The molecule has 0 unspecified atom stereocenters. The molecule has 6 nitrogen and oxygen atoms in total. The summed E-state index contributed by atoms with van der Waals surface area (Å²) in [5.74, 6) is -1.54. The number of benzene rings is 1. The molecule has 0 aliphatic carbocycles. The van der Waals surface area contributed by atoms with Gasteiger partial charge < -0.3 is 15.0 Å². The van der Waals surface area contributed by atoms with Gasteiger partial charge in [0.15, 0.2) is 0 Å². The van der Waals surface area contributed by atoms with Gasteiger partial charge in [-0.25, -0.2) is 4.79 Å². The molecule has 0 fully saturated rings. The number of aromatic carboxylic acids is 1. The maximum Gasteiger partial charge on any atom is 0.341 e. The third-order valence-corrected chi connectivity index (χ3v) is 2.98. The van der Waals surface area contributed by atoms with Crippen LogP contribution >= 0.6 is 0 Å². The van der Waals surface area contributed by atoms with Crippen LogP contribution in [0.1, 0.15) is 24.2 Å². The van der Waals surface area contributed by atoms with Crippen LogP contribution in [0.3, 0.4) is 0 Å². The van der Waals surface area contributed by atoms with Crippen LogP contribution < -0.4 is 10.7 Å². The number of carbonyl (C=O) groups excluding carboxylic acids is 1. The van der Waals surface area contributed by atoms with E-state index in [9.17, 15) is 14.4 Å². The van der Waals surface area contributed by atoms with E-state index in [1.54, 1.807) is 24.3 Å². The van der Waals surface area contributed by atoms with Crippen molar-refractivity contribution in [2.45, 2.75) is 26.4 Å². The molecule has 6 heteroatoms. The molecule has 0 aliphatic rings. The summed E-state index contributed by atoms with van der Waals surface area (Å²) in [4.78, 5) is 35.1. The molecule has 0 saturated heterocycles. The maximum absolute atomic E-state index is 12.1. The van der Waals surface area contributed by atoms with Crippen LogP contribution in [0.15, 0.2) is 35.3 Å². The first-order valence-electron chi connectivity index (χ1n) is 6.55. The number of carbonyl (C=O) groups is 2. The zero-order valence-electron chi connectivity index (χ0n) is 11.8. The highest BCUT2D eigenvalue weighted by Gasteiger charge is 2.15. The number of nitrogens with zero attached hydrogens (tertiary/aromatic N) is 1. The lowest BCUT2D eigenvalue weighted by Gasteiger charge is -2.13. The summed E-state index contributed by atoms with van der Waals surface area (Å²) in [6.45, 7) is 3.63. The fraction of sp³-hybridized carbons (Fsp3) is 0.267. The summed E-state index contributed by atoms with van der Waals surface area (Å²) in [5, 5.41) is 12.1. The largest absolute Gasteiger partial charge is 0.477 e. The van der Waals surface area contributed by atoms with Crippen LogP contribution in [0, 0.1) is 0 Å². The van der Waals surface area contributed by atoms with Crippen molar-refractivity contribution in [1.82, 2.24) is 9.88 Å². The van der Waals surface area contributed by atoms with E-state index >= 15 is 0 Å². The maximum atomic E-state index is 12.1. The van der Waals surface area contributed by atoms with Gasteiger partial charge >= 0.3 is 5.97 Å². The number of fused-ring (bicyclic) bond motifs is 1. The number of carboxylic acids is 1. The molecule has 0 atom stereocenters. The van der Waals surface area contributed by atoms with E-state index in [0.29, 0.717) is 5.52 Å². The molecule has 2 N–H and O–H groups in total. The lowest BCUT2D eigenvalue weighted by atomic mass is 10.1. The molecular formula is C15H16N2O4. The fourth-order valence-electron chi connectivity index (χ4n) is 2.15. The first-order valence-corrected chi connectivity index (χ1v) is 6.55. The summed E-state index contributed by atoms with van der Waals surface area (Å²) in [7, 11) is 0. The predicted octanol–water partition coefficient (Wildman–Crippen LogP) is 1.22. The Hall–Kier alpha value is -2.63. The van der Waals surface area contributed by atoms with Gasteiger partial charge in [-0.05, 0) is 26.0 Å². The molecule has 1 aromatic heterocycles. The predicted molar refractivity (Wildman–Crippen MR) is 78.4 cm³/mol. The van der Waals surface area contributed by atoms with Gasteiger partial charge in [0.1, 0.15) is 12.1 Å². The molecule has 1 amide bonds. The van der Waals surface area contributed by atoms with E-state index in [1.807, 2.05) is 13.8 Å². The normalized spacial score (nSPS) is 10.8. The van der Waals surface area contributed by atoms with Crippen molar-refractivity contribution in [2.24, 2.45) is 0 Å². The Morgan fingerprint density at radius 1 is 1.29 bits per heavy atom. The van der Waals surface area contributed by atoms with Crippen LogP contribution in [0.4, 0.5) is 0 Å². The van der Waals surface area contributed by atoms with Gasteiger partial charge in [0.05, 0.1) is 5.52 Å². The number of nitrogens with one attached hydrogen (secondary N) is 1. The molecule has 2 aromatic rings. The highest BCUT2D eigenvalue weighted by Crippen LogP contribution is 2.11. The van der Waals surface area contributed by atoms with E-state index in [1.165, 1.54) is 10.8 Å². The van der Waals surface area contributed by atoms with E-state index < -0.39 is 11.4 Å². The van der Waals surface area contributed by atoms with Gasteiger partial charge in [0.25, 0.3) is 0 Å². The molecule has 2 rings (SSSR count). The van der Waals surface area contributed by atoms with Crippen molar-refractivity contribution < 1.29 is 14.7 Å². The van der Waals surface area contributed by atoms with Crippen molar-refractivity contribution in [1.29, 1.82) is 0 Å². The monoisotopic (exact) mass is 288 g/mol. The molecule has 0 bridgehead atoms. The number of carboxylic acid groups (broad SMARTS) is 1.